The Kier molecular flexibility index (Phi) is 10.2. The smallest absolute Gasteiger partial charge is 0.289 e. The average Bonchev–Trinajstić information content (AvgIpc) is 3.84. The molecule has 4 heterocycles. The molecule has 2 amide bonds. The fourth-order valence-corrected chi connectivity index (χ4v) is 5.80. The number of hydrogen-bond acceptors (Lipinski definition) is 7. The van der Waals surface area contributed by atoms with Crippen LogP contribution in [0, 0.1) is 20.8 Å². The summed E-state index contributed by atoms with van der Waals surface area (Å²) in [5.74, 6) is 3.64. The molecule has 0 radical (unpaired) electrons. The van der Waals surface area contributed by atoms with Gasteiger partial charge in [0.1, 0.15) is 41.2 Å². The van der Waals surface area contributed by atoms with E-state index in [1.54, 1.807) is 18.5 Å². The van der Waals surface area contributed by atoms with Gasteiger partial charge in [0.25, 0.3) is 11.8 Å². The topological polar surface area (TPSA) is 119 Å². The fourth-order valence-electron chi connectivity index (χ4n) is 5.80. The van der Waals surface area contributed by atoms with Crippen LogP contribution in [0.5, 0.6) is 11.5 Å². The maximum Gasteiger partial charge on any atom is 0.289 e. The molecule has 1 aliphatic rings. The molecule has 6 rings (SSSR count). The number of nitrogens with one attached hydrogen (secondary N) is 1. The van der Waals surface area contributed by atoms with Gasteiger partial charge >= 0.3 is 0 Å². The standard InChI is InChI=1S/C37H42N6O5/c1-26-10-12-31(13-11-26)47-25-30-23-34(48-27(30)2)37(45)43-16-5-4-15-42(36(44)33-24-39-28(3)40-33)17-7-21-46-32-9-6-8-29(22-32)35-38-14-18-41(35)19-20-43/h6,8-14,18,22-24H,4-5,7,15-17,19-21,25H2,1-3H3,(H,39,40). The van der Waals surface area contributed by atoms with Gasteiger partial charge in [-0.05, 0) is 70.4 Å². The predicted molar refractivity (Wildman–Crippen MR) is 181 cm³/mol. The van der Waals surface area contributed by atoms with Crippen molar-refractivity contribution in [2.75, 3.05) is 32.8 Å². The van der Waals surface area contributed by atoms with Crippen LogP contribution in [-0.4, -0.2) is 73.9 Å². The first kappa shape index (κ1) is 32.6. The van der Waals surface area contributed by atoms with Gasteiger partial charge < -0.3 is 33.2 Å². The second-order valence-corrected chi connectivity index (χ2v) is 12.1. The number of aryl methyl sites for hydroxylation is 3. The molecule has 0 saturated heterocycles. The molecule has 48 heavy (non-hydrogen) atoms. The highest BCUT2D eigenvalue weighted by Gasteiger charge is 2.23. The van der Waals surface area contributed by atoms with E-state index < -0.39 is 0 Å². The molecule has 0 spiro atoms. The summed E-state index contributed by atoms with van der Waals surface area (Å²) in [5.41, 5.74) is 3.37. The number of ether oxygens (including phenoxy) is 2. The van der Waals surface area contributed by atoms with Crippen molar-refractivity contribution in [2.24, 2.45) is 0 Å². The Morgan fingerprint density at radius 1 is 0.875 bits per heavy atom. The van der Waals surface area contributed by atoms with Crippen LogP contribution < -0.4 is 9.47 Å². The van der Waals surface area contributed by atoms with Crippen LogP contribution >= 0.6 is 0 Å². The van der Waals surface area contributed by atoms with Gasteiger partial charge in [-0.3, -0.25) is 9.59 Å². The lowest BCUT2D eigenvalue weighted by atomic mass is 10.2. The maximum absolute atomic E-state index is 14.0. The Bertz CT molecular complexity index is 1840. The highest BCUT2D eigenvalue weighted by Crippen LogP contribution is 2.24. The fraction of sp³-hybridized carbons (Fsp3) is 0.351. The van der Waals surface area contributed by atoms with Crippen molar-refractivity contribution in [1.29, 1.82) is 0 Å². The molecule has 250 valence electrons. The maximum atomic E-state index is 14.0. The predicted octanol–water partition coefficient (Wildman–Crippen LogP) is 6.22. The molecule has 0 atom stereocenters. The van der Waals surface area contributed by atoms with E-state index in [1.807, 2.05) is 85.3 Å². The molecule has 2 bridgehead atoms. The molecule has 11 nitrogen and oxygen atoms in total. The first-order chi connectivity index (χ1) is 23.3. The zero-order valence-electron chi connectivity index (χ0n) is 27.8. The summed E-state index contributed by atoms with van der Waals surface area (Å²) < 4.78 is 20.1. The number of carbonyl (C=O) groups is 2. The van der Waals surface area contributed by atoms with E-state index in [0.29, 0.717) is 82.5 Å². The summed E-state index contributed by atoms with van der Waals surface area (Å²) >= 11 is 0. The first-order valence-corrected chi connectivity index (χ1v) is 16.5. The number of rotatable bonds is 5. The summed E-state index contributed by atoms with van der Waals surface area (Å²) in [6.07, 6.45) is 7.36. The lowest BCUT2D eigenvalue weighted by Crippen LogP contribution is -2.36. The second kappa shape index (κ2) is 15.1. The number of nitrogens with zero attached hydrogens (tertiary/aromatic N) is 5. The average molecular weight is 651 g/mol. The van der Waals surface area contributed by atoms with Crippen LogP contribution in [0.15, 0.2) is 77.6 Å². The van der Waals surface area contributed by atoms with Crippen molar-refractivity contribution in [1.82, 2.24) is 29.3 Å². The third-order valence-corrected chi connectivity index (χ3v) is 8.52. The molecule has 0 saturated carbocycles. The zero-order valence-corrected chi connectivity index (χ0v) is 27.8. The summed E-state index contributed by atoms with van der Waals surface area (Å²) in [6, 6.07) is 17.5. The van der Waals surface area contributed by atoms with Crippen LogP contribution in [0.1, 0.15) is 63.0 Å². The highest BCUT2D eigenvalue weighted by molar-refractivity contribution is 5.92. The quantitative estimate of drug-likeness (QED) is 0.240. The van der Waals surface area contributed by atoms with E-state index in [1.165, 1.54) is 0 Å². The molecule has 1 aliphatic heterocycles. The number of benzene rings is 2. The molecule has 2 aromatic carbocycles. The Labute approximate surface area is 280 Å². The van der Waals surface area contributed by atoms with E-state index in [2.05, 4.69) is 19.5 Å². The van der Waals surface area contributed by atoms with Crippen LogP contribution in [-0.2, 0) is 13.2 Å². The number of hydrogen-bond donors (Lipinski definition) is 1. The summed E-state index contributed by atoms with van der Waals surface area (Å²) in [5, 5.41) is 0. The van der Waals surface area contributed by atoms with Crippen LogP contribution in [0.3, 0.4) is 0 Å². The van der Waals surface area contributed by atoms with E-state index in [-0.39, 0.29) is 17.6 Å². The molecule has 0 aliphatic carbocycles. The molecule has 11 heteroatoms. The van der Waals surface area contributed by atoms with Gasteiger partial charge in [-0.1, -0.05) is 29.8 Å². The molecule has 0 unspecified atom stereocenters. The summed E-state index contributed by atoms with van der Waals surface area (Å²) in [7, 11) is 0. The minimum atomic E-state index is -0.185. The second-order valence-electron chi connectivity index (χ2n) is 12.1. The van der Waals surface area contributed by atoms with Crippen molar-refractivity contribution in [3.63, 3.8) is 0 Å². The molecular formula is C37H42N6O5. The molecule has 0 fully saturated rings. The number of aromatic nitrogens is 4. The highest BCUT2D eigenvalue weighted by atomic mass is 16.5. The number of H-pyrrole nitrogens is 1. The molecule has 5 aromatic rings. The van der Waals surface area contributed by atoms with Crippen LogP contribution in [0.2, 0.25) is 0 Å². The van der Waals surface area contributed by atoms with Gasteiger partial charge in [0.2, 0.25) is 0 Å². The largest absolute Gasteiger partial charge is 0.494 e. The lowest BCUT2D eigenvalue weighted by molar-refractivity contribution is 0.0692. The summed E-state index contributed by atoms with van der Waals surface area (Å²) in [6.45, 7) is 9.04. The van der Waals surface area contributed by atoms with Gasteiger partial charge in [-0.25, -0.2) is 9.97 Å². The number of imidazole rings is 2. The number of furan rings is 1. The SMILES string of the molecule is Cc1ccc(OCc2cc(C(=O)N3CCCCN(C(=O)c4cnc(C)[nH]4)CCCOc4cccc(c4)-c4nccn4CC3)oc2C)cc1. The van der Waals surface area contributed by atoms with Gasteiger partial charge in [0.15, 0.2) is 5.76 Å². The van der Waals surface area contributed by atoms with Crippen molar-refractivity contribution < 1.29 is 23.5 Å². The number of amides is 2. The molecule has 1 N–H and O–H groups in total. The van der Waals surface area contributed by atoms with E-state index in [9.17, 15) is 9.59 Å². The minimum absolute atomic E-state index is 0.0969. The van der Waals surface area contributed by atoms with E-state index in [4.69, 9.17) is 13.9 Å². The van der Waals surface area contributed by atoms with Crippen LogP contribution in [0.4, 0.5) is 0 Å². The Hall–Kier alpha value is -5.32. The first-order valence-electron chi connectivity index (χ1n) is 16.5. The van der Waals surface area contributed by atoms with Gasteiger partial charge in [0.05, 0.1) is 12.8 Å². The van der Waals surface area contributed by atoms with Gasteiger partial charge in [0, 0.05) is 56.2 Å². The zero-order chi connectivity index (χ0) is 33.5. The van der Waals surface area contributed by atoms with Crippen molar-refractivity contribution in [3.8, 4) is 22.9 Å². The minimum Gasteiger partial charge on any atom is -0.494 e. The Balaban J connectivity index is 1.21. The van der Waals surface area contributed by atoms with Gasteiger partial charge in [-0.2, -0.15) is 0 Å². The molecule has 3 aromatic heterocycles. The van der Waals surface area contributed by atoms with Crippen molar-refractivity contribution in [3.05, 3.63) is 107 Å². The number of carbonyl (C=O) groups excluding carboxylic acids is 2. The third-order valence-electron chi connectivity index (χ3n) is 8.52. The Morgan fingerprint density at radius 2 is 1.65 bits per heavy atom. The normalized spacial score (nSPS) is 14.6. The van der Waals surface area contributed by atoms with Gasteiger partial charge in [-0.15, -0.1) is 0 Å². The van der Waals surface area contributed by atoms with Crippen molar-refractivity contribution in [2.45, 2.75) is 53.2 Å². The third kappa shape index (κ3) is 7.96. The summed E-state index contributed by atoms with van der Waals surface area (Å²) in [4.78, 5) is 43.0. The molecular weight excluding hydrogens is 608 g/mol. The van der Waals surface area contributed by atoms with E-state index >= 15 is 0 Å². The van der Waals surface area contributed by atoms with E-state index in [0.717, 1.165) is 34.0 Å². The number of fused-ring (bicyclic) bond motifs is 4. The van der Waals surface area contributed by atoms with Crippen molar-refractivity contribution >= 4 is 11.8 Å². The lowest BCUT2D eigenvalue weighted by Gasteiger charge is -2.24. The monoisotopic (exact) mass is 650 g/mol. The Morgan fingerprint density at radius 3 is 2.42 bits per heavy atom. The number of aromatic amines is 1. The van der Waals surface area contributed by atoms with Crippen LogP contribution in [0.25, 0.3) is 11.4 Å².